The number of carbonyl (C=O) groups excluding carboxylic acids is 1. The second kappa shape index (κ2) is 7.44. The first-order chi connectivity index (χ1) is 10.5. The van der Waals surface area contributed by atoms with Crippen LogP contribution in [0.15, 0.2) is 0 Å². The molecule has 2 fully saturated rings. The van der Waals surface area contributed by atoms with Gasteiger partial charge in [0, 0.05) is 26.6 Å². The van der Waals surface area contributed by atoms with Crippen LogP contribution in [-0.2, 0) is 14.3 Å². The molecule has 0 spiro atoms. The summed E-state index contributed by atoms with van der Waals surface area (Å²) in [4.78, 5) is 26.0. The molecule has 1 saturated carbocycles. The fourth-order valence-corrected chi connectivity index (χ4v) is 4.10. The summed E-state index contributed by atoms with van der Waals surface area (Å²) in [7, 11) is 1.52. The van der Waals surface area contributed by atoms with Crippen molar-refractivity contribution in [2.75, 3.05) is 26.8 Å². The molecule has 2 aliphatic rings. The lowest BCUT2D eigenvalue weighted by atomic mass is 9.79. The Balaban J connectivity index is 1.95. The van der Waals surface area contributed by atoms with Crippen LogP contribution in [0, 0.1) is 17.3 Å². The van der Waals surface area contributed by atoms with E-state index in [9.17, 15) is 14.7 Å². The summed E-state index contributed by atoms with van der Waals surface area (Å²) in [6, 6.07) is 0. The lowest BCUT2D eigenvalue weighted by Crippen LogP contribution is -2.52. The third kappa shape index (κ3) is 4.00. The second-order valence-corrected chi connectivity index (χ2v) is 7.28. The van der Waals surface area contributed by atoms with Gasteiger partial charge in [-0.1, -0.05) is 19.8 Å². The van der Waals surface area contributed by atoms with Crippen molar-refractivity contribution in [2.45, 2.75) is 51.9 Å². The average molecular weight is 311 g/mol. The summed E-state index contributed by atoms with van der Waals surface area (Å²) in [5.74, 6) is 0.456. The maximum atomic E-state index is 12.6. The molecule has 3 atom stereocenters. The Hall–Kier alpha value is -1.10. The van der Waals surface area contributed by atoms with Gasteiger partial charge in [0.2, 0.25) is 5.91 Å². The molecular weight excluding hydrogens is 282 g/mol. The monoisotopic (exact) mass is 311 g/mol. The molecule has 1 N–H and O–H groups in total. The summed E-state index contributed by atoms with van der Waals surface area (Å²) in [6.45, 7) is 3.40. The Bertz CT molecular complexity index is 407. The molecule has 0 radical (unpaired) electrons. The number of methoxy groups -OCH3 is 1. The number of hydrogen-bond acceptors (Lipinski definition) is 3. The van der Waals surface area contributed by atoms with Crippen molar-refractivity contribution in [2.24, 2.45) is 17.3 Å². The molecule has 2 rings (SSSR count). The number of likely N-dealkylation sites (tertiary alicyclic amines) is 1. The van der Waals surface area contributed by atoms with E-state index in [2.05, 4.69) is 6.92 Å². The molecule has 1 amide bonds. The highest BCUT2D eigenvalue weighted by atomic mass is 16.5. The first kappa shape index (κ1) is 17.3. The third-order valence-electron chi connectivity index (χ3n) is 5.31. The van der Waals surface area contributed by atoms with Gasteiger partial charge in [0.1, 0.15) is 5.41 Å². The van der Waals surface area contributed by atoms with Gasteiger partial charge < -0.3 is 14.7 Å². The summed E-state index contributed by atoms with van der Waals surface area (Å²) < 4.78 is 5.12. The number of hydrogen-bond donors (Lipinski definition) is 1. The van der Waals surface area contributed by atoms with E-state index in [-0.39, 0.29) is 19.1 Å². The van der Waals surface area contributed by atoms with Crippen LogP contribution in [0.25, 0.3) is 0 Å². The van der Waals surface area contributed by atoms with Crippen LogP contribution in [-0.4, -0.2) is 48.7 Å². The Kier molecular flexibility index (Phi) is 5.84. The summed E-state index contributed by atoms with van der Waals surface area (Å²) in [6.07, 6.45) is 6.63. The number of piperidine rings is 1. The average Bonchev–Trinajstić information content (AvgIpc) is 2.47. The van der Waals surface area contributed by atoms with Gasteiger partial charge in [-0.2, -0.15) is 0 Å². The van der Waals surface area contributed by atoms with Crippen LogP contribution in [0.2, 0.25) is 0 Å². The van der Waals surface area contributed by atoms with Gasteiger partial charge in [-0.25, -0.2) is 0 Å². The van der Waals surface area contributed by atoms with Crippen molar-refractivity contribution in [1.82, 2.24) is 4.90 Å². The van der Waals surface area contributed by atoms with Crippen LogP contribution >= 0.6 is 0 Å². The first-order valence-electron chi connectivity index (χ1n) is 8.47. The first-order valence-corrected chi connectivity index (χ1v) is 8.47. The van der Waals surface area contributed by atoms with Crippen LogP contribution in [0.4, 0.5) is 0 Å². The quantitative estimate of drug-likeness (QED) is 0.847. The maximum Gasteiger partial charge on any atom is 0.313 e. The van der Waals surface area contributed by atoms with E-state index >= 15 is 0 Å². The number of rotatable bonds is 5. The SMILES string of the molecule is COCC1(C(=O)O)CCCN(C(=O)CC2CCCC(C)C2)C1. The highest BCUT2D eigenvalue weighted by Gasteiger charge is 2.44. The van der Waals surface area contributed by atoms with Gasteiger partial charge >= 0.3 is 5.97 Å². The molecule has 126 valence electrons. The Morgan fingerprint density at radius 3 is 2.73 bits per heavy atom. The van der Waals surface area contributed by atoms with Crippen molar-refractivity contribution in [3.05, 3.63) is 0 Å². The van der Waals surface area contributed by atoms with Gasteiger partial charge in [-0.3, -0.25) is 9.59 Å². The zero-order valence-corrected chi connectivity index (χ0v) is 13.8. The van der Waals surface area contributed by atoms with Crippen molar-refractivity contribution >= 4 is 11.9 Å². The summed E-state index contributed by atoms with van der Waals surface area (Å²) in [5.41, 5.74) is -0.928. The highest BCUT2D eigenvalue weighted by Crippen LogP contribution is 2.34. The van der Waals surface area contributed by atoms with E-state index in [1.165, 1.54) is 20.0 Å². The maximum absolute atomic E-state index is 12.6. The van der Waals surface area contributed by atoms with Gasteiger partial charge in [0.05, 0.1) is 6.61 Å². The normalized spacial score (nSPS) is 32.7. The van der Waals surface area contributed by atoms with Crippen molar-refractivity contribution in [3.8, 4) is 0 Å². The molecule has 5 heteroatoms. The molecule has 0 aromatic rings. The molecular formula is C17H29NO4. The molecule has 1 aliphatic carbocycles. The molecule has 1 heterocycles. The van der Waals surface area contributed by atoms with E-state index in [4.69, 9.17) is 4.74 Å². The van der Waals surface area contributed by atoms with E-state index in [1.54, 1.807) is 4.90 Å². The Labute approximate surface area is 133 Å². The smallest absolute Gasteiger partial charge is 0.313 e. The van der Waals surface area contributed by atoms with Crippen LogP contribution in [0.5, 0.6) is 0 Å². The van der Waals surface area contributed by atoms with Gasteiger partial charge in [-0.05, 0) is 37.5 Å². The molecule has 3 unspecified atom stereocenters. The number of amides is 1. The topological polar surface area (TPSA) is 66.8 Å². The molecule has 0 bridgehead atoms. The van der Waals surface area contributed by atoms with Crippen LogP contribution in [0.3, 0.4) is 0 Å². The minimum Gasteiger partial charge on any atom is -0.481 e. The summed E-state index contributed by atoms with van der Waals surface area (Å²) >= 11 is 0. The third-order valence-corrected chi connectivity index (χ3v) is 5.31. The lowest BCUT2D eigenvalue weighted by Gasteiger charge is -2.40. The molecule has 5 nitrogen and oxygen atoms in total. The number of ether oxygens (including phenoxy) is 1. The van der Waals surface area contributed by atoms with Crippen molar-refractivity contribution in [3.63, 3.8) is 0 Å². The van der Waals surface area contributed by atoms with Crippen molar-refractivity contribution < 1.29 is 19.4 Å². The fourth-order valence-electron chi connectivity index (χ4n) is 4.10. The highest BCUT2D eigenvalue weighted by molar-refractivity contribution is 5.80. The second-order valence-electron chi connectivity index (χ2n) is 7.28. The fraction of sp³-hybridized carbons (Fsp3) is 0.882. The zero-order chi connectivity index (χ0) is 16.2. The molecule has 1 saturated heterocycles. The van der Waals surface area contributed by atoms with E-state index < -0.39 is 11.4 Å². The van der Waals surface area contributed by atoms with Crippen molar-refractivity contribution in [1.29, 1.82) is 0 Å². The summed E-state index contributed by atoms with van der Waals surface area (Å²) in [5, 5.41) is 9.56. The number of carboxylic acids is 1. The van der Waals surface area contributed by atoms with Gasteiger partial charge in [0.15, 0.2) is 0 Å². The lowest BCUT2D eigenvalue weighted by molar-refractivity contribution is -0.159. The largest absolute Gasteiger partial charge is 0.481 e. The number of nitrogens with zero attached hydrogens (tertiary/aromatic N) is 1. The molecule has 0 aromatic carbocycles. The van der Waals surface area contributed by atoms with Crippen LogP contribution in [0.1, 0.15) is 51.9 Å². The number of carbonyl (C=O) groups is 2. The molecule has 0 aromatic heterocycles. The molecule has 22 heavy (non-hydrogen) atoms. The van der Waals surface area contributed by atoms with E-state index in [1.807, 2.05) is 0 Å². The number of carboxylic acid groups (broad SMARTS) is 1. The van der Waals surface area contributed by atoms with Crippen LogP contribution < -0.4 is 0 Å². The standard InChI is InChI=1S/C17H29NO4/c1-13-5-3-6-14(9-13)10-15(19)18-8-4-7-17(11-18,12-22-2)16(20)21/h13-14H,3-12H2,1-2H3,(H,20,21). The Morgan fingerprint density at radius 2 is 2.09 bits per heavy atom. The van der Waals surface area contributed by atoms with E-state index in [0.29, 0.717) is 31.2 Å². The number of aliphatic carboxylic acids is 1. The minimum atomic E-state index is -0.928. The predicted octanol–water partition coefficient (Wildman–Crippen LogP) is 2.54. The van der Waals surface area contributed by atoms with E-state index in [0.717, 1.165) is 19.3 Å². The molecule has 1 aliphatic heterocycles. The minimum absolute atomic E-state index is 0.125. The zero-order valence-electron chi connectivity index (χ0n) is 13.8. The predicted molar refractivity (Wildman–Crippen MR) is 83.5 cm³/mol. The Morgan fingerprint density at radius 1 is 1.32 bits per heavy atom. The van der Waals surface area contributed by atoms with Gasteiger partial charge in [0.25, 0.3) is 0 Å². The van der Waals surface area contributed by atoms with Gasteiger partial charge in [-0.15, -0.1) is 0 Å².